The summed E-state index contributed by atoms with van der Waals surface area (Å²) in [4.78, 5) is 5.82. The molecule has 0 amide bonds. The number of hydrogen-bond donors (Lipinski definition) is 2. The molecular formula is C12H19N3O. The number of nitrogens with zero attached hydrogens (tertiary/aromatic N) is 1. The summed E-state index contributed by atoms with van der Waals surface area (Å²) in [6.45, 7) is 4.94. The van der Waals surface area contributed by atoms with Gasteiger partial charge < -0.3 is 15.0 Å². The first-order chi connectivity index (χ1) is 7.83. The molecule has 0 aromatic carbocycles. The van der Waals surface area contributed by atoms with Gasteiger partial charge in [-0.2, -0.15) is 0 Å². The molecule has 2 fully saturated rings. The number of rotatable bonds is 2. The topological polar surface area (TPSA) is 40.3 Å². The Morgan fingerprint density at radius 3 is 2.94 bits per heavy atom. The Hall–Kier alpha value is -0.840. The molecule has 1 aromatic rings. The largest absolute Gasteiger partial charge is 0.379 e. The molecule has 3 rings (SSSR count). The van der Waals surface area contributed by atoms with Crippen LogP contribution >= 0.6 is 0 Å². The van der Waals surface area contributed by atoms with Crippen LogP contribution in [0.15, 0.2) is 18.3 Å². The minimum absolute atomic E-state index is 0.172. The van der Waals surface area contributed by atoms with Crippen molar-refractivity contribution in [1.29, 1.82) is 0 Å². The summed E-state index contributed by atoms with van der Waals surface area (Å²) in [5.41, 5.74) is 1.49. The number of likely N-dealkylation sites (N-methyl/N-ethyl adjacent to an activating group) is 1. The van der Waals surface area contributed by atoms with Crippen LogP contribution in [0.25, 0.3) is 0 Å². The average molecular weight is 221 g/mol. The maximum Gasteiger partial charge on any atom is 0.0737 e. The zero-order valence-electron chi connectivity index (χ0n) is 9.70. The molecule has 3 heterocycles. The Kier molecular flexibility index (Phi) is 2.50. The molecule has 0 spiro atoms. The number of nitrogens with one attached hydrogen (secondary N) is 2. The molecule has 2 aliphatic rings. The van der Waals surface area contributed by atoms with Crippen LogP contribution in [0.2, 0.25) is 0 Å². The van der Waals surface area contributed by atoms with E-state index < -0.39 is 0 Å². The molecule has 88 valence electrons. The summed E-state index contributed by atoms with van der Waals surface area (Å²) >= 11 is 0. The van der Waals surface area contributed by atoms with Gasteiger partial charge >= 0.3 is 0 Å². The van der Waals surface area contributed by atoms with Gasteiger partial charge in [0, 0.05) is 37.6 Å². The van der Waals surface area contributed by atoms with Crippen LogP contribution in [0, 0.1) is 0 Å². The smallest absolute Gasteiger partial charge is 0.0737 e. The first-order valence-corrected chi connectivity index (χ1v) is 5.95. The molecule has 4 heteroatoms. The molecule has 0 bridgehead atoms. The van der Waals surface area contributed by atoms with Gasteiger partial charge in [0.05, 0.1) is 18.6 Å². The molecule has 1 unspecified atom stereocenters. The van der Waals surface area contributed by atoms with E-state index in [1.807, 2.05) is 6.20 Å². The number of piperazine rings is 1. The molecule has 0 aliphatic carbocycles. The Labute approximate surface area is 96.0 Å². The molecule has 0 radical (unpaired) electrons. The summed E-state index contributed by atoms with van der Waals surface area (Å²) in [7, 11) is 2.22. The quantitative estimate of drug-likeness (QED) is 0.749. The Morgan fingerprint density at radius 1 is 1.50 bits per heavy atom. The lowest BCUT2D eigenvalue weighted by Gasteiger charge is -2.51. The highest BCUT2D eigenvalue weighted by atomic mass is 16.5. The molecule has 1 atom stereocenters. The molecule has 0 saturated carbocycles. The highest BCUT2D eigenvalue weighted by molar-refractivity contribution is 5.25. The minimum Gasteiger partial charge on any atom is -0.379 e. The molecule has 2 aliphatic heterocycles. The van der Waals surface area contributed by atoms with E-state index in [0.29, 0.717) is 6.04 Å². The van der Waals surface area contributed by atoms with Gasteiger partial charge in [0.25, 0.3) is 0 Å². The fraction of sp³-hybridized carbons (Fsp3) is 0.667. The van der Waals surface area contributed by atoms with Crippen molar-refractivity contribution in [3.05, 3.63) is 24.0 Å². The summed E-state index contributed by atoms with van der Waals surface area (Å²) < 4.78 is 5.49. The van der Waals surface area contributed by atoms with Gasteiger partial charge in [-0.1, -0.05) is 0 Å². The maximum atomic E-state index is 5.49. The normalized spacial score (nSPS) is 29.9. The van der Waals surface area contributed by atoms with Gasteiger partial charge in [-0.15, -0.1) is 0 Å². The van der Waals surface area contributed by atoms with Gasteiger partial charge in [-0.3, -0.25) is 4.90 Å². The third-order valence-corrected chi connectivity index (χ3v) is 4.00. The van der Waals surface area contributed by atoms with Gasteiger partial charge in [0.15, 0.2) is 0 Å². The minimum atomic E-state index is 0.172. The van der Waals surface area contributed by atoms with Crippen LogP contribution in [-0.4, -0.2) is 55.8 Å². The Balaban J connectivity index is 1.89. The molecular weight excluding hydrogens is 202 g/mol. The average Bonchev–Trinajstić information content (AvgIpc) is 2.73. The zero-order chi connectivity index (χ0) is 11.0. The summed E-state index contributed by atoms with van der Waals surface area (Å²) in [5, 5.41) is 3.49. The molecule has 4 nitrogen and oxygen atoms in total. The lowest BCUT2D eigenvalue weighted by atomic mass is 9.74. The molecule has 1 aromatic heterocycles. The Bertz CT molecular complexity index is 345. The Morgan fingerprint density at radius 2 is 2.38 bits per heavy atom. The maximum absolute atomic E-state index is 5.49. The monoisotopic (exact) mass is 221 g/mol. The number of aromatic amines is 1. The van der Waals surface area contributed by atoms with Crippen molar-refractivity contribution in [3.63, 3.8) is 0 Å². The predicted molar refractivity (Wildman–Crippen MR) is 62.6 cm³/mol. The fourth-order valence-corrected chi connectivity index (χ4v) is 2.91. The van der Waals surface area contributed by atoms with Crippen molar-refractivity contribution in [1.82, 2.24) is 15.2 Å². The van der Waals surface area contributed by atoms with Crippen LogP contribution < -0.4 is 5.32 Å². The van der Waals surface area contributed by atoms with Crippen LogP contribution in [-0.2, 0) is 10.2 Å². The highest BCUT2D eigenvalue weighted by Gasteiger charge is 2.49. The van der Waals surface area contributed by atoms with Gasteiger partial charge in [-0.25, -0.2) is 0 Å². The summed E-state index contributed by atoms with van der Waals surface area (Å²) in [6, 6.07) is 4.80. The van der Waals surface area contributed by atoms with Gasteiger partial charge in [-0.05, 0) is 19.2 Å². The van der Waals surface area contributed by atoms with E-state index in [2.05, 4.69) is 34.4 Å². The van der Waals surface area contributed by atoms with Crippen LogP contribution in [0.5, 0.6) is 0 Å². The van der Waals surface area contributed by atoms with E-state index in [4.69, 9.17) is 4.74 Å². The van der Waals surface area contributed by atoms with Crippen molar-refractivity contribution in [2.75, 3.05) is 39.9 Å². The third-order valence-electron chi connectivity index (χ3n) is 4.00. The second kappa shape index (κ2) is 3.87. The van der Waals surface area contributed by atoms with Crippen LogP contribution in [0.4, 0.5) is 0 Å². The third kappa shape index (κ3) is 1.41. The van der Waals surface area contributed by atoms with Gasteiger partial charge in [0.1, 0.15) is 0 Å². The van der Waals surface area contributed by atoms with E-state index in [1.54, 1.807) is 0 Å². The van der Waals surface area contributed by atoms with Gasteiger partial charge in [0.2, 0.25) is 0 Å². The van der Waals surface area contributed by atoms with E-state index in [1.165, 1.54) is 5.69 Å². The number of aromatic nitrogens is 1. The lowest BCUT2D eigenvalue weighted by molar-refractivity contribution is -0.105. The molecule has 2 N–H and O–H groups in total. The van der Waals surface area contributed by atoms with E-state index in [-0.39, 0.29) is 5.41 Å². The van der Waals surface area contributed by atoms with Crippen molar-refractivity contribution >= 4 is 0 Å². The van der Waals surface area contributed by atoms with Crippen molar-refractivity contribution < 1.29 is 4.74 Å². The van der Waals surface area contributed by atoms with Crippen LogP contribution in [0.1, 0.15) is 5.69 Å². The van der Waals surface area contributed by atoms with Crippen molar-refractivity contribution in [3.8, 4) is 0 Å². The van der Waals surface area contributed by atoms with E-state index in [0.717, 1.165) is 32.8 Å². The summed E-state index contributed by atoms with van der Waals surface area (Å²) in [5.74, 6) is 0. The summed E-state index contributed by atoms with van der Waals surface area (Å²) in [6.07, 6.45) is 2.01. The number of H-pyrrole nitrogens is 1. The van der Waals surface area contributed by atoms with Crippen molar-refractivity contribution in [2.45, 2.75) is 11.5 Å². The fourth-order valence-electron chi connectivity index (χ4n) is 2.91. The highest BCUT2D eigenvalue weighted by Crippen LogP contribution is 2.37. The first-order valence-electron chi connectivity index (χ1n) is 5.95. The molecule has 2 saturated heterocycles. The van der Waals surface area contributed by atoms with E-state index >= 15 is 0 Å². The predicted octanol–water partition coefficient (Wildman–Crippen LogP) is 0.186. The van der Waals surface area contributed by atoms with Crippen LogP contribution in [0.3, 0.4) is 0 Å². The first kappa shape index (κ1) is 10.3. The SMILES string of the molecule is CN1CCNCC1C1(c2ccc[nH]2)COC1. The number of ether oxygens (including phenoxy) is 1. The second-order valence-electron chi connectivity index (χ2n) is 4.93. The molecule has 16 heavy (non-hydrogen) atoms. The van der Waals surface area contributed by atoms with Crippen molar-refractivity contribution in [2.24, 2.45) is 0 Å². The lowest BCUT2D eigenvalue weighted by Crippen LogP contribution is -2.66. The number of hydrogen-bond acceptors (Lipinski definition) is 3. The standard InChI is InChI=1S/C12H19N3O/c1-15-6-5-13-7-11(15)12(8-16-9-12)10-3-2-4-14-10/h2-4,11,13-14H,5-9H2,1H3. The second-order valence-corrected chi connectivity index (χ2v) is 4.93. The zero-order valence-corrected chi connectivity index (χ0v) is 9.70. The van der Waals surface area contributed by atoms with E-state index in [9.17, 15) is 0 Å².